The summed E-state index contributed by atoms with van der Waals surface area (Å²) in [6, 6.07) is 13.8. The van der Waals surface area contributed by atoms with Crippen LogP contribution in [0.4, 0.5) is 17.6 Å². The minimum absolute atomic E-state index is 0.0871. The van der Waals surface area contributed by atoms with E-state index < -0.39 is 24.2 Å². The second-order valence-corrected chi connectivity index (χ2v) is 5.65. The lowest BCUT2D eigenvalue weighted by Crippen LogP contribution is -2.46. The zero-order chi connectivity index (χ0) is 19.9. The second kappa shape index (κ2) is 9.17. The van der Waals surface area contributed by atoms with Crippen LogP contribution in [-0.2, 0) is 6.54 Å². The molecule has 0 spiro atoms. The number of hydrazine groups is 1. The van der Waals surface area contributed by atoms with Crippen molar-refractivity contribution in [2.24, 2.45) is 0 Å². The molecule has 0 bridgehead atoms. The maximum Gasteiger partial charge on any atom is 0.461 e. The van der Waals surface area contributed by atoms with Crippen LogP contribution in [0, 0.1) is 0 Å². The molecule has 2 rings (SSSR count). The Labute approximate surface area is 157 Å². The van der Waals surface area contributed by atoms with Gasteiger partial charge in [0.25, 0.3) is 5.91 Å². The molecule has 3 N–H and O–H groups in total. The Morgan fingerprint density at radius 1 is 1.07 bits per heavy atom. The van der Waals surface area contributed by atoms with Crippen molar-refractivity contribution in [3.8, 4) is 5.75 Å². The van der Waals surface area contributed by atoms with E-state index in [1.54, 1.807) is 0 Å². The Morgan fingerprint density at radius 3 is 2.44 bits per heavy atom. The molecule has 144 valence electrons. The number of rotatable bonds is 6. The van der Waals surface area contributed by atoms with Gasteiger partial charge in [0.2, 0.25) is 0 Å². The highest BCUT2D eigenvalue weighted by atomic mass is 32.1. The van der Waals surface area contributed by atoms with E-state index in [0.717, 1.165) is 17.7 Å². The fourth-order valence-corrected chi connectivity index (χ4v) is 2.03. The van der Waals surface area contributed by atoms with Gasteiger partial charge in [0.05, 0.1) is 0 Å². The number of carbonyl (C=O) groups is 1. The Kier molecular flexibility index (Phi) is 6.94. The first-order valence-electron chi connectivity index (χ1n) is 7.61. The molecule has 27 heavy (non-hydrogen) atoms. The van der Waals surface area contributed by atoms with Gasteiger partial charge >= 0.3 is 12.5 Å². The normalized spacial score (nSPS) is 11.0. The highest BCUT2D eigenvalue weighted by molar-refractivity contribution is 7.80. The lowest BCUT2D eigenvalue weighted by atomic mass is 10.2. The van der Waals surface area contributed by atoms with E-state index in [1.807, 2.05) is 30.3 Å². The van der Waals surface area contributed by atoms with Gasteiger partial charge in [-0.2, -0.15) is 17.6 Å². The number of benzene rings is 2. The van der Waals surface area contributed by atoms with Crippen molar-refractivity contribution in [3.05, 3.63) is 65.7 Å². The van der Waals surface area contributed by atoms with Crippen LogP contribution >= 0.6 is 12.2 Å². The fourth-order valence-electron chi connectivity index (χ4n) is 1.91. The summed E-state index contributed by atoms with van der Waals surface area (Å²) < 4.78 is 54.2. The number of amides is 1. The third-order valence-electron chi connectivity index (χ3n) is 3.19. The van der Waals surface area contributed by atoms with E-state index in [2.05, 4.69) is 20.9 Å². The molecule has 0 radical (unpaired) electrons. The smallest absolute Gasteiger partial charge is 0.428 e. The molecule has 0 unspecified atom stereocenters. The van der Waals surface area contributed by atoms with Gasteiger partial charge in [0.1, 0.15) is 5.75 Å². The van der Waals surface area contributed by atoms with Crippen LogP contribution in [0.5, 0.6) is 5.75 Å². The average molecular weight is 401 g/mol. The van der Waals surface area contributed by atoms with Gasteiger partial charge in [-0.15, -0.1) is 0 Å². The van der Waals surface area contributed by atoms with Crippen LogP contribution in [0.1, 0.15) is 15.9 Å². The summed E-state index contributed by atoms with van der Waals surface area (Å²) in [7, 11) is 0. The number of hydrogen-bond donors (Lipinski definition) is 3. The van der Waals surface area contributed by atoms with Gasteiger partial charge in [-0.3, -0.25) is 15.6 Å². The SMILES string of the molecule is O=C(NNC(=S)NCc1ccccc1)c1cccc(OC(F)(F)C(F)F)c1. The molecular weight excluding hydrogens is 386 g/mol. The van der Waals surface area contributed by atoms with Crippen LogP contribution in [-0.4, -0.2) is 23.6 Å². The van der Waals surface area contributed by atoms with E-state index in [4.69, 9.17) is 12.2 Å². The maximum atomic E-state index is 12.9. The fraction of sp³-hybridized carbons (Fsp3) is 0.176. The lowest BCUT2D eigenvalue weighted by molar-refractivity contribution is -0.253. The number of carbonyl (C=O) groups excluding carboxylic acids is 1. The molecule has 0 atom stereocenters. The summed E-state index contributed by atoms with van der Waals surface area (Å²) in [5.74, 6) is -1.29. The van der Waals surface area contributed by atoms with Crippen LogP contribution in [0.2, 0.25) is 0 Å². The molecule has 0 saturated carbocycles. The van der Waals surface area contributed by atoms with Crippen molar-refractivity contribution < 1.29 is 27.1 Å². The number of alkyl halides is 4. The first kappa shape index (κ1) is 20.4. The van der Waals surface area contributed by atoms with Crippen molar-refractivity contribution in [2.45, 2.75) is 19.1 Å². The zero-order valence-electron chi connectivity index (χ0n) is 13.7. The van der Waals surface area contributed by atoms with Crippen molar-refractivity contribution >= 4 is 23.2 Å². The molecule has 0 aliphatic heterocycles. The largest absolute Gasteiger partial charge is 0.461 e. The maximum absolute atomic E-state index is 12.9. The standard InChI is InChI=1S/C17H15F4N3O2S/c18-15(19)17(20,21)26-13-8-4-7-12(9-13)14(25)23-24-16(27)22-10-11-5-2-1-3-6-11/h1-9,15H,10H2,(H,23,25)(H2,22,24,27). The van der Waals surface area contributed by atoms with E-state index in [0.29, 0.717) is 6.54 Å². The van der Waals surface area contributed by atoms with E-state index in [-0.39, 0.29) is 10.7 Å². The summed E-state index contributed by atoms with van der Waals surface area (Å²) in [5.41, 5.74) is 5.60. The summed E-state index contributed by atoms with van der Waals surface area (Å²) in [6.45, 7) is 0.425. The van der Waals surface area contributed by atoms with Gasteiger partial charge in [-0.05, 0) is 36.0 Å². The molecule has 0 aliphatic rings. The Balaban J connectivity index is 1.86. The lowest BCUT2D eigenvalue weighted by Gasteiger charge is -2.17. The predicted octanol–water partition coefficient (Wildman–Crippen LogP) is 3.23. The highest BCUT2D eigenvalue weighted by Crippen LogP contribution is 2.27. The summed E-state index contributed by atoms with van der Waals surface area (Å²) in [4.78, 5) is 12.0. The molecule has 0 fully saturated rings. The Bertz CT molecular complexity index is 791. The number of halogens is 4. The Hall–Kier alpha value is -2.88. The van der Waals surface area contributed by atoms with Crippen molar-refractivity contribution in [2.75, 3.05) is 0 Å². The van der Waals surface area contributed by atoms with E-state index >= 15 is 0 Å². The van der Waals surface area contributed by atoms with E-state index in [9.17, 15) is 22.4 Å². The molecule has 5 nitrogen and oxygen atoms in total. The molecule has 1 amide bonds. The first-order valence-corrected chi connectivity index (χ1v) is 8.02. The molecule has 2 aromatic rings. The number of nitrogens with one attached hydrogen (secondary N) is 3. The second-order valence-electron chi connectivity index (χ2n) is 5.24. The van der Waals surface area contributed by atoms with Crippen molar-refractivity contribution in [1.29, 1.82) is 0 Å². The molecule has 0 heterocycles. The van der Waals surface area contributed by atoms with Crippen LogP contribution < -0.4 is 20.9 Å². The summed E-state index contributed by atoms with van der Waals surface area (Å²) in [5, 5.41) is 2.99. The zero-order valence-corrected chi connectivity index (χ0v) is 14.5. The van der Waals surface area contributed by atoms with Gasteiger partial charge in [-0.1, -0.05) is 36.4 Å². The molecule has 10 heteroatoms. The van der Waals surface area contributed by atoms with Crippen LogP contribution in [0.15, 0.2) is 54.6 Å². The molecule has 0 saturated heterocycles. The predicted molar refractivity (Wildman–Crippen MR) is 94.5 cm³/mol. The average Bonchev–Trinajstić information content (AvgIpc) is 2.65. The Morgan fingerprint density at radius 2 is 1.78 bits per heavy atom. The minimum atomic E-state index is -4.66. The number of hydrogen-bond acceptors (Lipinski definition) is 3. The highest BCUT2D eigenvalue weighted by Gasteiger charge is 2.44. The van der Waals surface area contributed by atoms with E-state index in [1.165, 1.54) is 12.1 Å². The molecular formula is C17H15F4N3O2S. The third kappa shape index (κ3) is 6.41. The van der Waals surface area contributed by atoms with Crippen molar-refractivity contribution in [3.63, 3.8) is 0 Å². The van der Waals surface area contributed by atoms with Gasteiger partial charge in [0, 0.05) is 12.1 Å². The number of thiocarbonyl (C=S) groups is 1. The topological polar surface area (TPSA) is 62.4 Å². The molecule has 0 aromatic heterocycles. The van der Waals surface area contributed by atoms with Gasteiger partial charge in [0.15, 0.2) is 5.11 Å². The van der Waals surface area contributed by atoms with Crippen LogP contribution in [0.3, 0.4) is 0 Å². The van der Waals surface area contributed by atoms with Gasteiger partial charge < -0.3 is 10.1 Å². The molecule has 0 aliphatic carbocycles. The summed E-state index contributed by atoms with van der Waals surface area (Å²) in [6.07, 6.45) is -8.65. The molecule has 2 aromatic carbocycles. The van der Waals surface area contributed by atoms with Crippen molar-refractivity contribution in [1.82, 2.24) is 16.2 Å². The third-order valence-corrected chi connectivity index (χ3v) is 3.44. The van der Waals surface area contributed by atoms with Crippen LogP contribution in [0.25, 0.3) is 0 Å². The first-order chi connectivity index (χ1) is 12.8. The quantitative estimate of drug-likeness (QED) is 0.394. The van der Waals surface area contributed by atoms with Gasteiger partial charge in [-0.25, -0.2) is 0 Å². The monoisotopic (exact) mass is 401 g/mol. The summed E-state index contributed by atoms with van der Waals surface area (Å²) >= 11 is 5.00. The number of ether oxygens (including phenoxy) is 1. The minimum Gasteiger partial charge on any atom is -0.428 e.